The van der Waals surface area contributed by atoms with Gasteiger partial charge < -0.3 is 10.1 Å². The van der Waals surface area contributed by atoms with Crippen LogP contribution in [0.4, 0.5) is 0 Å². The van der Waals surface area contributed by atoms with Gasteiger partial charge >= 0.3 is 0 Å². The van der Waals surface area contributed by atoms with Crippen molar-refractivity contribution >= 4 is 11.8 Å². The van der Waals surface area contributed by atoms with Crippen LogP contribution < -0.4 is 5.32 Å². The maximum atomic E-state index is 6.29. The van der Waals surface area contributed by atoms with E-state index >= 15 is 0 Å². The van der Waals surface area contributed by atoms with Crippen molar-refractivity contribution < 1.29 is 4.74 Å². The zero-order valence-electron chi connectivity index (χ0n) is 14.6. The molecular weight excluding hydrogens is 266 g/mol. The SMILES string of the molecule is CCCNC(CSCC(C)C)C1CC(C)(C)OC1(C)C. The number of rotatable bonds is 8. The second-order valence-electron chi connectivity index (χ2n) is 7.77. The lowest BCUT2D eigenvalue weighted by atomic mass is 9.82. The van der Waals surface area contributed by atoms with Crippen LogP contribution in [0.5, 0.6) is 0 Å². The summed E-state index contributed by atoms with van der Waals surface area (Å²) < 4.78 is 6.29. The summed E-state index contributed by atoms with van der Waals surface area (Å²) in [5.41, 5.74) is -0.00365. The number of ether oxygens (including phenoxy) is 1. The fourth-order valence-electron chi connectivity index (χ4n) is 3.31. The van der Waals surface area contributed by atoms with E-state index in [2.05, 4.69) is 65.5 Å². The molecular formula is C17H35NOS. The third-order valence-corrected chi connectivity index (χ3v) is 5.53. The van der Waals surface area contributed by atoms with Gasteiger partial charge in [-0.1, -0.05) is 20.8 Å². The summed E-state index contributed by atoms with van der Waals surface area (Å²) in [5.74, 6) is 3.83. The maximum absolute atomic E-state index is 6.29. The van der Waals surface area contributed by atoms with Crippen LogP contribution in [0.2, 0.25) is 0 Å². The molecule has 2 nitrogen and oxygen atoms in total. The van der Waals surface area contributed by atoms with Crippen molar-refractivity contribution in [3.8, 4) is 0 Å². The molecule has 1 N–H and O–H groups in total. The Kier molecular flexibility index (Phi) is 6.88. The van der Waals surface area contributed by atoms with E-state index in [1.165, 1.54) is 17.9 Å². The van der Waals surface area contributed by atoms with E-state index < -0.39 is 0 Å². The van der Waals surface area contributed by atoms with E-state index in [1.807, 2.05) is 0 Å². The number of hydrogen-bond acceptors (Lipinski definition) is 3. The van der Waals surface area contributed by atoms with Crippen molar-refractivity contribution in [2.24, 2.45) is 11.8 Å². The highest BCUT2D eigenvalue weighted by atomic mass is 32.2. The fourth-order valence-corrected chi connectivity index (χ4v) is 4.52. The van der Waals surface area contributed by atoms with Crippen molar-refractivity contribution in [1.82, 2.24) is 5.32 Å². The minimum atomic E-state index is -0.0205. The van der Waals surface area contributed by atoms with Crippen LogP contribution in [0, 0.1) is 11.8 Å². The standard InChI is InChI=1S/C17H35NOS/c1-8-9-18-15(12-20-11-13(2)3)14-10-16(4,5)19-17(14,6)7/h13-15,18H,8-12H2,1-7H3. The molecule has 0 spiro atoms. The molecule has 2 atom stereocenters. The second-order valence-corrected chi connectivity index (χ2v) is 8.84. The van der Waals surface area contributed by atoms with E-state index in [1.54, 1.807) is 0 Å². The zero-order valence-corrected chi connectivity index (χ0v) is 15.4. The van der Waals surface area contributed by atoms with Gasteiger partial charge in [0.05, 0.1) is 11.2 Å². The third-order valence-electron chi connectivity index (χ3n) is 4.03. The Bertz CT molecular complexity index is 289. The van der Waals surface area contributed by atoms with Gasteiger partial charge in [-0.25, -0.2) is 0 Å². The Morgan fingerprint density at radius 2 is 1.85 bits per heavy atom. The summed E-state index contributed by atoms with van der Waals surface area (Å²) in [6, 6.07) is 0.565. The molecule has 1 rings (SSSR count). The summed E-state index contributed by atoms with van der Waals surface area (Å²) in [4.78, 5) is 0. The van der Waals surface area contributed by atoms with Crippen molar-refractivity contribution in [2.75, 3.05) is 18.1 Å². The van der Waals surface area contributed by atoms with Crippen LogP contribution in [-0.4, -0.2) is 35.3 Å². The Hall–Kier alpha value is 0.270. The van der Waals surface area contributed by atoms with Gasteiger partial charge in [0, 0.05) is 17.7 Å². The largest absolute Gasteiger partial charge is 0.369 e. The maximum Gasteiger partial charge on any atom is 0.0678 e. The van der Waals surface area contributed by atoms with E-state index in [0.29, 0.717) is 12.0 Å². The van der Waals surface area contributed by atoms with Crippen LogP contribution in [0.15, 0.2) is 0 Å². The molecule has 0 aromatic rings. The monoisotopic (exact) mass is 301 g/mol. The molecule has 1 aliphatic rings. The highest BCUT2D eigenvalue weighted by Gasteiger charge is 2.48. The Morgan fingerprint density at radius 3 is 2.30 bits per heavy atom. The number of hydrogen-bond donors (Lipinski definition) is 1. The molecule has 1 aliphatic heterocycles. The minimum absolute atomic E-state index is 0.0169. The van der Waals surface area contributed by atoms with Gasteiger partial charge in [-0.3, -0.25) is 0 Å². The first-order valence-electron chi connectivity index (χ1n) is 8.19. The van der Waals surface area contributed by atoms with Gasteiger partial charge in [0.1, 0.15) is 0 Å². The first kappa shape index (κ1) is 18.3. The molecule has 20 heavy (non-hydrogen) atoms. The van der Waals surface area contributed by atoms with Crippen molar-refractivity contribution in [1.29, 1.82) is 0 Å². The number of nitrogens with one attached hydrogen (secondary N) is 1. The predicted octanol–water partition coefficient (Wildman–Crippen LogP) is 4.34. The molecule has 3 heteroatoms. The first-order valence-corrected chi connectivity index (χ1v) is 9.34. The normalized spacial score (nSPS) is 26.1. The van der Waals surface area contributed by atoms with E-state index in [0.717, 1.165) is 18.9 Å². The lowest BCUT2D eigenvalue weighted by molar-refractivity contribution is -0.0769. The Morgan fingerprint density at radius 1 is 1.20 bits per heavy atom. The predicted molar refractivity (Wildman–Crippen MR) is 91.6 cm³/mol. The van der Waals surface area contributed by atoms with E-state index in [4.69, 9.17) is 4.74 Å². The van der Waals surface area contributed by atoms with Gasteiger partial charge in [0.2, 0.25) is 0 Å². The molecule has 1 saturated heterocycles. The Balaban J connectivity index is 2.66. The van der Waals surface area contributed by atoms with Crippen LogP contribution in [0.1, 0.15) is 61.3 Å². The zero-order chi connectivity index (χ0) is 15.4. The summed E-state index contributed by atoms with van der Waals surface area (Å²) in [6.07, 6.45) is 2.35. The average Bonchev–Trinajstić information content (AvgIpc) is 2.51. The molecule has 0 saturated carbocycles. The van der Waals surface area contributed by atoms with Crippen molar-refractivity contribution in [3.63, 3.8) is 0 Å². The summed E-state index contributed by atoms with van der Waals surface area (Å²) in [5, 5.41) is 3.78. The minimum Gasteiger partial charge on any atom is -0.369 e. The van der Waals surface area contributed by atoms with Gasteiger partial charge in [0.25, 0.3) is 0 Å². The molecule has 2 unspecified atom stereocenters. The van der Waals surface area contributed by atoms with Crippen molar-refractivity contribution in [3.05, 3.63) is 0 Å². The lowest BCUT2D eigenvalue weighted by Gasteiger charge is -2.33. The molecule has 0 radical (unpaired) electrons. The van der Waals surface area contributed by atoms with Gasteiger partial charge in [0.15, 0.2) is 0 Å². The first-order chi connectivity index (χ1) is 9.18. The lowest BCUT2D eigenvalue weighted by Crippen LogP contribution is -2.46. The quantitative estimate of drug-likeness (QED) is 0.720. The second kappa shape index (κ2) is 7.51. The molecule has 0 bridgehead atoms. The smallest absolute Gasteiger partial charge is 0.0678 e. The van der Waals surface area contributed by atoms with Gasteiger partial charge in [-0.05, 0) is 58.8 Å². The van der Waals surface area contributed by atoms with Crippen LogP contribution in [0.25, 0.3) is 0 Å². The summed E-state index contributed by atoms with van der Waals surface area (Å²) in [6.45, 7) is 16.9. The Labute approximate surface area is 130 Å². The highest BCUT2D eigenvalue weighted by Crippen LogP contribution is 2.44. The molecule has 120 valence electrons. The average molecular weight is 302 g/mol. The number of thioether (sulfide) groups is 1. The highest BCUT2D eigenvalue weighted by molar-refractivity contribution is 7.99. The van der Waals surface area contributed by atoms with Crippen LogP contribution in [-0.2, 0) is 4.74 Å². The molecule has 0 aromatic heterocycles. The fraction of sp³-hybridized carbons (Fsp3) is 1.00. The molecule has 1 fully saturated rings. The molecule has 1 heterocycles. The van der Waals surface area contributed by atoms with Gasteiger partial charge in [-0.15, -0.1) is 0 Å². The summed E-state index contributed by atoms with van der Waals surface area (Å²) >= 11 is 2.09. The van der Waals surface area contributed by atoms with E-state index in [9.17, 15) is 0 Å². The third kappa shape index (κ3) is 5.57. The van der Waals surface area contributed by atoms with Gasteiger partial charge in [-0.2, -0.15) is 11.8 Å². The topological polar surface area (TPSA) is 21.3 Å². The summed E-state index contributed by atoms with van der Waals surface area (Å²) in [7, 11) is 0. The van der Waals surface area contributed by atoms with E-state index in [-0.39, 0.29) is 11.2 Å². The van der Waals surface area contributed by atoms with Crippen molar-refractivity contribution in [2.45, 2.75) is 78.6 Å². The molecule has 0 aromatic carbocycles. The van der Waals surface area contributed by atoms with Crippen LogP contribution in [0.3, 0.4) is 0 Å². The molecule has 0 aliphatic carbocycles. The molecule has 0 amide bonds. The van der Waals surface area contributed by atoms with Crippen LogP contribution >= 0.6 is 11.8 Å².